The zero-order valence-electron chi connectivity index (χ0n) is 10.6. The minimum absolute atomic E-state index is 0.422. The molecule has 1 aliphatic heterocycles. The Bertz CT molecular complexity index is 213. The molecule has 1 N–H and O–H groups in total. The highest BCUT2D eigenvalue weighted by atomic mass is 15.2. The minimum Gasteiger partial charge on any atom is -0.309 e. The summed E-state index contributed by atoms with van der Waals surface area (Å²) in [5.41, 5.74) is 0.422. The van der Waals surface area contributed by atoms with Gasteiger partial charge in [-0.3, -0.25) is 4.90 Å². The SMILES string of the molecule is CCC(C)CN1CCNC(C)(C2CC2)C1. The van der Waals surface area contributed by atoms with E-state index in [2.05, 4.69) is 31.0 Å². The van der Waals surface area contributed by atoms with Crippen molar-refractivity contribution in [2.75, 3.05) is 26.2 Å². The third kappa shape index (κ3) is 2.73. The van der Waals surface area contributed by atoms with E-state index in [1.54, 1.807) is 0 Å². The van der Waals surface area contributed by atoms with Crippen molar-refractivity contribution in [3.8, 4) is 0 Å². The number of rotatable bonds is 4. The van der Waals surface area contributed by atoms with Crippen LogP contribution in [-0.2, 0) is 0 Å². The van der Waals surface area contributed by atoms with Gasteiger partial charge in [0.2, 0.25) is 0 Å². The Kier molecular flexibility index (Phi) is 3.36. The predicted octanol–water partition coefficient (Wildman–Crippen LogP) is 2.11. The minimum atomic E-state index is 0.422. The number of nitrogens with one attached hydrogen (secondary N) is 1. The Morgan fingerprint density at radius 3 is 2.80 bits per heavy atom. The van der Waals surface area contributed by atoms with Crippen molar-refractivity contribution in [2.24, 2.45) is 11.8 Å². The fourth-order valence-electron chi connectivity index (χ4n) is 2.82. The molecule has 2 heteroatoms. The van der Waals surface area contributed by atoms with Gasteiger partial charge in [-0.2, -0.15) is 0 Å². The van der Waals surface area contributed by atoms with Gasteiger partial charge in [0.25, 0.3) is 0 Å². The molecule has 2 atom stereocenters. The molecule has 0 radical (unpaired) electrons. The maximum absolute atomic E-state index is 3.74. The lowest BCUT2D eigenvalue weighted by molar-refractivity contribution is 0.113. The van der Waals surface area contributed by atoms with Crippen molar-refractivity contribution >= 4 is 0 Å². The molecule has 2 fully saturated rings. The lowest BCUT2D eigenvalue weighted by Gasteiger charge is -2.42. The fourth-order valence-corrected chi connectivity index (χ4v) is 2.82. The summed E-state index contributed by atoms with van der Waals surface area (Å²) in [5, 5.41) is 3.74. The van der Waals surface area contributed by atoms with Gasteiger partial charge in [0.1, 0.15) is 0 Å². The van der Waals surface area contributed by atoms with Gasteiger partial charge < -0.3 is 5.32 Å². The lowest BCUT2D eigenvalue weighted by Crippen LogP contribution is -2.60. The second-order valence-electron chi connectivity index (χ2n) is 5.87. The van der Waals surface area contributed by atoms with Crippen LogP contribution in [0.25, 0.3) is 0 Å². The quantitative estimate of drug-likeness (QED) is 0.764. The molecule has 1 aliphatic carbocycles. The summed E-state index contributed by atoms with van der Waals surface area (Å²) in [4.78, 5) is 2.67. The first-order chi connectivity index (χ1) is 7.14. The Morgan fingerprint density at radius 1 is 1.47 bits per heavy atom. The molecule has 0 amide bonds. The van der Waals surface area contributed by atoms with E-state index in [9.17, 15) is 0 Å². The van der Waals surface area contributed by atoms with E-state index in [0.717, 1.165) is 11.8 Å². The average Bonchev–Trinajstić information content (AvgIpc) is 3.01. The molecule has 1 heterocycles. The standard InChI is InChI=1S/C13H26N2/c1-4-11(2)9-15-8-7-14-13(3,10-15)12-5-6-12/h11-12,14H,4-10H2,1-3H3. The smallest absolute Gasteiger partial charge is 0.0309 e. The van der Waals surface area contributed by atoms with Crippen LogP contribution in [0, 0.1) is 11.8 Å². The Balaban J connectivity index is 1.86. The van der Waals surface area contributed by atoms with E-state index in [-0.39, 0.29) is 0 Å². The molecule has 0 bridgehead atoms. The van der Waals surface area contributed by atoms with E-state index >= 15 is 0 Å². The van der Waals surface area contributed by atoms with E-state index in [4.69, 9.17) is 0 Å². The van der Waals surface area contributed by atoms with Crippen molar-refractivity contribution < 1.29 is 0 Å². The zero-order chi connectivity index (χ0) is 10.9. The summed E-state index contributed by atoms with van der Waals surface area (Å²) in [7, 11) is 0. The Morgan fingerprint density at radius 2 is 2.20 bits per heavy atom. The predicted molar refractivity (Wildman–Crippen MR) is 65.0 cm³/mol. The molecule has 2 rings (SSSR count). The van der Waals surface area contributed by atoms with Crippen molar-refractivity contribution in [3.05, 3.63) is 0 Å². The number of piperazine rings is 1. The van der Waals surface area contributed by atoms with Crippen LogP contribution in [0.5, 0.6) is 0 Å². The number of nitrogens with zero attached hydrogens (tertiary/aromatic N) is 1. The van der Waals surface area contributed by atoms with Crippen molar-refractivity contribution in [2.45, 2.75) is 45.6 Å². The number of hydrogen-bond acceptors (Lipinski definition) is 2. The third-order valence-corrected chi connectivity index (χ3v) is 4.25. The fraction of sp³-hybridized carbons (Fsp3) is 1.00. The topological polar surface area (TPSA) is 15.3 Å². The summed E-state index contributed by atoms with van der Waals surface area (Å²) in [6.07, 6.45) is 4.20. The molecule has 2 nitrogen and oxygen atoms in total. The molecular formula is C13H26N2. The van der Waals surface area contributed by atoms with Crippen LogP contribution in [0.15, 0.2) is 0 Å². The van der Waals surface area contributed by atoms with E-state index < -0.39 is 0 Å². The van der Waals surface area contributed by atoms with Crippen LogP contribution in [0.4, 0.5) is 0 Å². The molecule has 1 saturated carbocycles. The van der Waals surface area contributed by atoms with Gasteiger partial charge >= 0.3 is 0 Å². The summed E-state index contributed by atoms with van der Waals surface area (Å²) >= 11 is 0. The molecule has 2 aliphatic rings. The average molecular weight is 210 g/mol. The molecular weight excluding hydrogens is 184 g/mol. The highest BCUT2D eigenvalue weighted by Crippen LogP contribution is 2.40. The first kappa shape index (κ1) is 11.4. The molecule has 0 aromatic rings. The van der Waals surface area contributed by atoms with Crippen molar-refractivity contribution in [1.82, 2.24) is 10.2 Å². The van der Waals surface area contributed by atoms with Crippen LogP contribution in [0.3, 0.4) is 0 Å². The highest BCUT2D eigenvalue weighted by Gasteiger charge is 2.43. The lowest BCUT2D eigenvalue weighted by atomic mass is 9.92. The molecule has 1 saturated heterocycles. The van der Waals surface area contributed by atoms with Crippen LogP contribution in [-0.4, -0.2) is 36.6 Å². The third-order valence-electron chi connectivity index (χ3n) is 4.25. The second kappa shape index (κ2) is 4.42. The first-order valence-corrected chi connectivity index (χ1v) is 6.61. The molecule has 2 unspecified atom stereocenters. The molecule has 15 heavy (non-hydrogen) atoms. The largest absolute Gasteiger partial charge is 0.309 e. The summed E-state index contributed by atoms with van der Waals surface area (Å²) in [6.45, 7) is 12.1. The van der Waals surface area contributed by atoms with Gasteiger partial charge in [-0.05, 0) is 31.6 Å². The van der Waals surface area contributed by atoms with Crippen molar-refractivity contribution in [3.63, 3.8) is 0 Å². The summed E-state index contributed by atoms with van der Waals surface area (Å²) in [6, 6.07) is 0. The first-order valence-electron chi connectivity index (χ1n) is 6.61. The summed E-state index contributed by atoms with van der Waals surface area (Å²) < 4.78 is 0. The monoisotopic (exact) mass is 210 g/mol. The molecule has 88 valence electrons. The molecule has 0 spiro atoms. The Labute approximate surface area is 94.4 Å². The van der Waals surface area contributed by atoms with Crippen molar-refractivity contribution in [1.29, 1.82) is 0 Å². The summed E-state index contributed by atoms with van der Waals surface area (Å²) in [5.74, 6) is 1.81. The van der Waals surface area contributed by atoms with Gasteiger partial charge in [-0.25, -0.2) is 0 Å². The van der Waals surface area contributed by atoms with E-state index in [1.807, 2.05) is 0 Å². The van der Waals surface area contributed by atoms with Gasteiger partial charge in [0, 0.05) is 31.7 Å². The Hall–Kier alpha value is -0.0800. The normalized spacial score (nSPS) is 35.4. The zero-order valence-corrected chi connectivity index (χ0v) is 10.6. The van der Waals surface area contributed by atoms with Crippen LogP contribution >= 0.6 is 0 Å². The second-order valence-corrected chi connectivity index (χ2v) is 5.87. The molecule has 0 aromatic carbocycles. The maximum atomic E-state index is 3.74. The van der Waals surface area contributed by atoms with E-state index in [1.165, 1.54) is 45.4 Å². The number of hydrogen-bond donors (Lipinski definition) is 1. The highest BCUT2D eigenvalue weighted by molar-refractivity contribution is 5.02. The van der Waals surface area contributed by atoms with Gasteiger partial charge in [-0.1, -0.05) is 20.3 Å². The van der Waals surface area contributed by atoms with Crippen LogP contribution < -0.4 is 5.32 Å². The van der Waals surface area contributed by atoms with Crippen LogP contribution in [0.1, 0.15) is 40.0 Å². The maximum Gasteiger partial charge on any atom is 0.0309 e. The van der Waals surface area contributed by atoms with Gasteiger partial charge in [0.15, 0.2) is 0 Å². The van der Waals surface area contributed by atoms with Crippen LogP contribution in [0.2, 0.25) is 0 Å². The molecule has 0 aromatic heterocycles. The van der Waals surface area contributed by atoms with E-state index in [0.29, 0.717) is 5.54 Å². The van der Waals surface area contributed by atoms with Gasteiger partial charge in [0.05, 0.1) is 0 Å². The van der Waals surface area contributed by atoms with Gasteiger partial charge in [-0.15, -0.1) is 0 Å².